The molecular weight excluding hydrogens is 204 g/mol. The molecule has 2 N–H and O–H groups in total. The second kappa shape index (κ2) is 3.17. The van der Waals surface area contributed by atoms with Gasteiger partial charge < -0.3 is 14.9 Å². The lowest BCUT2D eigenvalue weighted by molar-refractivity contribution is 0.264. The summed E-state index contributed by atoms with van der Waals surface area (Å²) in [6, 6.07) is 3.22. The largest absolute Gasteiger partial charge is 0.508 e. The van der Waals surface area contributed by atoms with Gasteiger partial charge >= 0.3 is 0 Å². The van der Waals surface area contributed by atoms with E-state index in [4.69, 9.17) is 4.74 Å². The molecule has 0 radical (unpaired) electrons. The van der Waals surface area contributed by atoms with Gasteiger partial charge in [-0.2, -0.15) is 0 Å². The molecule has 16 heavy (non-hydrogen) atoms. The van der Waals surface area contributed by atoms with Crippen molar-refractivity contribution in [2.24, 2.45) is 0 Å². The van der Waals surface area contributed by atoms with Crippen LogP contribution in [0.4, 0.5) is 0 Å². The van der Waals surface area contributed by atoms with Crippen molar-refractivity contribution in [2.75, 3.05) is 6.61 Å². The Hall–Kier alpha value is -2.16. The lowest BCUT2D eigenvalue weighted by Crippen LogP contribution is -2.11. The van der Waals surface area contributed by atoms with E-state index in [9.17, 15) is 10.2 Å². The molecule has 80 valence electrons. The van der Waals surface area contributed by atoms with E-state index in [1.54, 1.807) is 12.1 Å². The molecule has 2 aliphatic rings. The van der Waals surface area contributed by atoms with Gasteiger partial charge in [-0.05, 0) is 11.6 Å². The number of aliphatic hydroxyl groups excluding tert-OH is 1. The molecule has 0 unspecified atom stereocenters. The van der Waals surface area contributed by atoms with Crippen molar-refractivity contribution >= 4 is 11.6 Å². The summed E-state index contributed by atoms with van der Waals surface area (Å²) < 4.78 is 5.38. The minimum absolute atomic E-state index is 0.148. The number of aliphatic hydroxyl groups is 1. The Balaban J connectivity index is 2.37. The van der Waals surface area contributed by atoms with Crippen molar-refractivity contribution in [1.29, 1.82) is 0 Å². The Morgan fingerprint density at radius 1 is 1.06 bits per heavy atom. The van der Waals surface area contributed by atoms with E-state index in [0.29, 0.717) is 5.75 Å². The Kier molecular flexibility index (Phi) is 1.80. The zero-order chi connectivity index (χ0) is 11.1. The quantitative estimate of drug-likeness (QED) is 0.698. The van der Waals surface area contributed by atoms with E-state index in [0.717, 1.165) is 16.7 Å². The summed E-state index contributed by atoms with van der Waals surface area (Å²) in [6.07, 6.45) is 7.45. The van der Waals surface area contributed by atoms with Crippen LogP contribution >= 0.6 is 0 Å². The first-order valence-corrected chi connectivity index (χ1v) is 5.03. The fraction of sp³-hybridized carbons (Fsp3) is 0.0769. The molecule has 0 fully saturated rings. The highest BCUT2D eigenvalue weighted by Crippen LogP contribution is 2.40. The maximum absolute atomic E-state index is 9.78. The second-order valence-electron chi connectivity index (χ2n) is 3.78. The number of allylic oxidation sites excluding steroid dienone is 4. The Morgan fingerprint density at radius 2 is 1.88 bits per heavy atom. The third-order valence-corrected chi connectivity index (χ3v) is 2.71. The number of benzene rings is 1. The van der Waals surface area contributed by atoms with Gasteiger partial charge in [-0.25, -0.2) is 0 Å². The smallest absolute Gasteiger partial charge is 0.146 e. The molecule has 1 aromatic rings. The number of ether oxygens (including phenoxy) is 1. The average molecular weight is 214 g/mol. The summed E-state index contributed by atoms with van der Waals surface area (Å²) in [5.74, 6) is 0.999. The Labute approximate surface area is 92.6 Å². The monoisotopic (exact) mass is 214 g/mol. The van der Waals surface area contributed by atoms with E-state index in [1.807, 2.05) is 24.3 Å². The molecule has 3 nitrogen and oxygen atoms in total. The number of aromatic hydroxyl groups is 1. The molecule has 0 spiro atoms. The van der Waals surface area contributed by atoms with Crippen LogP contribution in [-0.2, 0) is 0 Å². The SMILES string of the molecule is OC1=C2C=CC=Cc3cc(O)cc(c32)OC1. The summed E-state index contributed by atoms with van der Waals surface area (Å²) in [5.41, 5.74) is 2.45. The predicted octanol–water partition coefficient (Wildman–Crippen LogP) is 2.64. The van der Waals surface area contributed by atoms with E-state index in [1.165, 1.54) is 0 Å². The van der Waals surface area contributed by atoms with Gasteiger partial charge in [-0.15, -0.1) is 0 Å². The van der Waals surface area contributed by atoms with Gasteiger partial charge in [0.2, 0.25) is 0 Å². The molecule has 3 rings (SSSR count). The fourth-order valence-electron chi connectivity index (χ4n) is 2.01. The lowest BCUT2D eigenvalue weighted by atomic mass is 9.96. The van der Waals surface area contributed by atoms with Crippen LogP contribution in [0.3, 0.4) is 0 Å². The molecule has 0 saturated heterocycles. The van der Waals surface area contributed by atoms with Gasteiger partial charge in [-0.1, -0.05) is 24.3 Å². The molecular formula is C13H10O3. The third-order valence-electron chi connectivity index (χ3n) is 2.71. The third kappa shape index (κ3) is 1.21. The van der Waals surface area contributed by atoms with Gasteiger partial charge in [0.25, 0.3) is 0 Å². The number of hydrogen-bond acceptors (Lipinski definition) is 3. The van der Waals surface area contributed by atoms with Crippen LogP contribution in [0, 0.1) is 0 Å². The van der Waals surface area contributed by atoms with Crippen LogP contribution in [0.5, 0.6) is 11.5 Å². The van der Waals surface area contributed by atoms with Gasteiger partial charge in [-0.3, -0.25) is 0 Å². The van der Waals surface area contributed by atoms with Crippen molar-refractivity contribution in [3.05, 3.63) is 47.2 Å². The molecule has 0 atom stereocenters. The topological polar surface area (TPSA) is 49.7 Å². The number of rotatable bonds is 0. The normalized spacial score (nSPS) is 16.8. The first-order chi connectivity index (χ1) is 7.75. The molecule has 1 aliphatic carbocycles. The molecule has 1 heterocycles. The highest BCUT2D eigenvalue weighted by atomic mass is 16.5. The molecule has 0 bridgehead atoms. The summed E-state index contributed by atoms with van der Waals surface area (Å²) >= 11 is 0. The molecule has 1 aromatic carbocycles. The van der Waals surface area contributed by atoms with E-state index in [-0.39, 0.29) is 18.1 Å². The zero-order valence-corrected chi connectivity index (χ0v) is 8.47. The van der Waals surface area contributed by atoms with Crippen LogP contribution in [0.1, 0.15) is 11.1 Å². The summed E-state index contributed by atoms with van der Waals surface area (Å²) in [6.45, 7) is 0.148. The minimum atomic E-state index is 0.148. The van der Waals surface area contributed by atoms with Crippen LogP contribution < -0.4 is 4.74 Å². The first-order valence-electron chi connectivity index (χ1n) is 5.03. The number of phenols is 1. The van der Waals surface area contributed by atoms with Crippen LogP contribution in [-0.4, -0.2) is 16.8 Å². The summed E-state index contributed by atoms with van der Waals surface area (Å²) in [7, 11) is 0. The molecule has 0 amide bonds. The molecule has 0 aromatic heterocycles. The highest BCUT2D eigenvalue weighted by molar-refractivity contribution is 5.88. The Bertz CT molecular complexity index is 551. The van der Waals surface area contributed by atoms with Gasteiger partial charge in [0.1, 0.15) is 23.9 Å². The van der Waals surface area contributed by atoms with E-state index >= 15 is 0 Å². The first kappa shape index (κ1) is 9.09. The van der Waals surface area contributed by atoms with Crippen molar-refractivity contribution in [3.8, 4) is 11.5 Å². The van der Waals surface area contributed by atoms with Gasteiger partial charge in [0.05, 0.1) is 0 Å². The average Bonchev–Trinajstić information content (AvgIpc) is 2.47. The number of hydrogen-bond donors (Lipinski definition) is 2. The lowest BCUT2D eigenvalue weighted by Gasteiger charge is -2.20. The number of phenolic OH excluding ortho intramolecular Hbond substituents is 1. The van der Waals surface area contributed by atoms with Crippen LogP contribution in [0.25, 0.3) is 11.6 Å². The predicted molar refractivity (Wildman–Crippen MR) is 61.3 cm³/mol. The standard InChI is InChI=1S/C13H10O3/c14-9-5-8-3-1-2-4-10-11(15)7-16-12(6-9)13(8)10/h1-6,14-15H,7H2. The van der Waals surface area contributed by atoms with Crippen LogP contribution in [0.15, 0.2) is 36.1 Å². The highest BCUT2D eigenvalue weighted by Gasteiger charge is 2.22. The second-order valence-corrected chi connectivity index (χ2v) is 3.78. The van der Waals surface area contributed by atoms with Gasteiger partial charge in [0, 0.05) is 17.2 Å². The zero-order valence-electron chi connectivity index (χ0n) is 8.47. The minimum Gasteiger partial charge on any atom is -0.508 e. The van der Waals surface area contributed by atoms with E-state index in [2.05, 4.69) is 0 Å². The van der Waals surface area contributed by atoms with Gasteiger partial charge in [0.15, 0.2) is 0 Å². The van der Waals surface area contributed by atoms with Crippen LogP contribution in [0.2, 0.25) is 0 Å². The molecule has 3 heteroatoms. The summed E-state index contributed by atoms with van der Waals surface area (Å²) in [5, 5.41) is 19.3. The van der Waals surface area contributed by atoms with Crippen molar-refractivity contribution in [1.82, 2.24) is 0 Å². The van der Waals surface area contributed by atoms with Crippen molar-refractivity contribution in [3.63, 3.8) is 0 Å². The van der Waals surface area contributed by atoms with Crippen molar-refractivity contribution in [2.45, 2.75) is 0 Å². The van der Waals surface area contributed by atoms with Crippen molar-refractivity contribution < 1.29 is 14.9 Å². The maximum Gasteiger partial charge on any atom is 0.146 e. The summed E-state index contributed by atoms with van der Waals surface area (Å²) in [4.78, 5) is 0. The molecule has 1 aliphatic heterocycles. The Morgan fingerprint density at radius 3 is 2.75 bits per heavy atom. The maximum atomic E-state index is 9.78. The molecule has 0 saturated carbocycles. The fourth-order valence-corrected chi connectivity index (χ4v) is 2.01. The van der Waals surface area contributed by atoms with E-state index < -0.39 is 0 Å².